The van der Waals surface area contributed by atoms with Crippen LogP contribution in [0.1, 0.15) is 0 Å². The van der Waals surface area contributed by atoms with E-state index in [0.29, 0.717) is 4.47 Å². The Hall–Kier alpha value is -1.27. The number of nitrogens with zero attached hydrogens (tertiary/aromatic N) is 2. The maximum Gasteiger partial charge on any atom is 0.260 e. The molecule has 0 aliphatic rings. The molecule has 0 N–H and O–H groups in total. The van der Waals surface area contributed by atoms with E-state index in [-0.39, 0.29) is 11.0 Å². The highest BCUT2D eigenvalue weighted by atomic mass is 79.9. The summed E-state index contributed by atoms with van der Waals surface area (Å²) in [6.07, 6.45) is 0.848. The van der Waals surface area contributed by atoms with Gasteiger partial charge in [-0.3, -0.25) is 0 Å². The number of ether oxygens (including phenoxy) is 1. The molecule has 88 valence electrons. The monoisotopic (exact) mass is 320 g/mol. The molecule has 0 spiro atoms. The van der Waals surface area contributed by atoms with Crippen LogP contribution in [0.4, 0.5) is 8.78 Å². The Balaban J connectivity index is 2.37. The van der Waals surface area contributed by atoms with E-state index in [1.807, 2.05) is 0 Å². The van der Waals surface area contributed by atoms with Crippen molar-refractivity contribution < 1.29 is 13.5 Å². The topological polar surface area (TPSA) is 35.0 Å². The summed E-state index contributed by atoms with van der Waals surface area (Å²) in [5.74, 6) is -2.05. The summed E-state index contributed by atoms with van der Waals surface area (Å²) in [6, 6.07) is 4.02. The normalized spacial score (nSPS) is 10.4. The van der Waals surface area contributed by atoms with Crippen LogP contribution in [0.3, 0.4) is 0 Å². The molecule has 0 bridgehead atoms. The van der Waals surface area contributed by atoms with Crippen LogP contribution in [0.25, 0.3) is 0 Å². The fourth-order valence-electron chi connectivity index (χ4n) is 1.06. The van der Waals surface area contributed by atoms with Gasteiger partial charge >= 0.3 is 0 Å². The molecule has 0 saturated heterocycles. The van der Waals surface area contributed by atoms with Crippen LogP contribution in [0.5, 0.6) is 11.6 Å². The average molecular weight is 322 g/mol. The van der Waals surface area contributed by atoms with Crippen LogP contribution in [0, 0.1) is 11.6 Å². The van der Waals surface area contributed by atoms with Crippen LogP contribution in [0.15, 0.2) is 28.9 Å². The third-order valence-corrected chi connectivity index (χ3v) is 2.46. The molecule has 7 heteroatoms. The van der Waals surface area contributed by atoms with Gasteiger partial charge in [0.2, 0.25) is 11.1 Å². The molecule has 0 unspecified atom stereocenters. The summed E-state index contributed by atoms with van der Waals surface area (Å²) < 4.78 is 32.2. The van der Waals surface area contributed by atoms with Crippen molar-refractivity contribution in [3.63, 3.8) is 0 Å². The second kappa shape index (κ2) is 4.93. The highest BCUT2D eigenvalue weighted by Gasteiger charge is 2.11. The first-order chi connectivity index (χ1) is 8.06. The number of aromatic nitrogens is 2. The summed E-state index contributed by atoms with van der Waals surface area (Å²) in [5, 5.41) is -0.184. The molecule has 0 amide bonds. The Bertz CT molecular complexity index is 518. The third kappa shape index (κ3) is 2.89. The zero-order chi connectivity index (χ0) is 12.4. The van der Waals surface area contributed by atoms with Crippen LogP contribution in [-0.4, -0.2) is 9.97 Å². The van der Waals surface area contributed by atoms with Crippen LogP contribution in [-0.2, 0) is 0 Å². The van der Waals surface area contributed by atoms with Gasteiger partial charge in [-0.2, -0.15) is 9.37 Å². The lowest BCUT2D eigenvalue weighted by atomic mass is 10.3. The van der Waals surface area contributed by atoms with Gasteiger partial charge in [0.1, 0.15) is 0 Å². The predicted octanol–water partition coefficient (Wildman–Crippen LogP) is 3.96. The van der Waals surface area contributed by atoms with Crippen LogP contribution >= 0.6 is 27.5 Å². The summed E-state index contributed by atoms with van der Waals surface area (Å²) in [7, 11) is 0. The summed E-state index contributed by atoms with van der Waals surface area (Å²) in [6.45, 7) is 0. The predicted molar refractivity (Wildman–Crippen MR) is 61.2 cm³/mol. The Kier molecular flexibility index (Phi) is 3.54. The molecule has 2 rings (SSSR count). The lowest BCUT2D eigenvalue weighted by Crippen LogP contribution is -1.96. The van der Waals surface area contributed by atoms with Crippen molar-refractivity contribution in [1.29, 1.82) is 0 Å². The van der Waals surface area contributed by atoms with E-state index in [0.717, 1.165) is 6.20 Å². The third-order valence-electron chi connectivity index (χ3n) is 1.78. The van der Waals surface area contributed by atoms with Crippen molar-refractivity contribution in [2.75, 3.05) is 0 Å². The van der Waals surface area contributed by atoms with Crippen molar-refractivity contribution in [2.45, 2.75) is 0 Å². The minimum absolute atomic E-state index is 0.159. The first kappa shape index (κ1) is 12.2. The molecule has 0 aliphatic heterocycles. The van der Waals surface area contributed by atoms with E-state index < -0.39 is 17.5 Å². The van der Waals surface area contributed by atoms with E-state index in [1.165, 1.54) is 18.2 Å². The highest BCUT2D eigenvalue weighted by Crippen LogP contribution is 2.28. The van der Waals surface area contributed by atoms with Gasteiger partial charge in [-0.1, -0.05) is 15.9 Å². The zero-order valence-corrected chi connectivity index (χ0v) is 10.5. The Labute approximate surface area is 109 Å². The number of hydrogen-bond donors (Lipinski definition) is 0. The lowest BCUT2D eigenvalue weighted by molar-refractivity contribution is 0.396. The SMILES string of the molecule is Fc1ccc(Br)cc1Oc1nc(Cl)ncc1F. The summed E-state index contributed by atoms with van der Waals surface area (Å²) >= 11 is 8.63. The molecule has 0 atom stereocenters. The molecule has 0 fully saturated rings. The largest absolute Gasteiger partial charge is 0.433 e. The van der Waals surface area contributed by atoms with Gasteiger partial charge in [-0.05, 0) is 29.8 Å². The van der Waals surface area contributed by atoms with Gasteiger partial charge in [-0.25, -0.2) is 9.37 Å². The van der Waals surface area contributed by atoms with Crippen molar-refractivity contribution in [3.8, 4) is 11.6 Å². The quantitative estimate of drug-likeness (QED) is 0.785. The molecule has 1 aromatic carbocycles. The second-order valence-electron chi connectivity index (χ2n) is 2.97. The van der Waals surface area contributed by atoms with E-state index >= 15 is 0 Å². The fourth-order valence-corrected chi connectivity index (χ4v) is 1.53. The number of halogens is 4. The summed E-state index contributed by atoms with van der Waals surface area (Å²) in [4.78, 5) is 6.93. The van der Waals surface area contributed by atoms with Crippen molar-refractivity contribution in [3.05, 3.63) is 45.8 Å². The maximum atomic E-state index is 13.3. The Morgan fingerprint density at radius 1 is 1.24 bits per heavy atom. The van der Waals surface area contributed by atoms with Gasteiger partial charge in [0, 0.05) is 4.47 Å². The second-order valence-corrected chi connectivity index (χ2v) is 4.22. The van der Waals surface area contributed by atoms with Gasteiger partial charge in [0.25, 0.3) is 5.88 Å². The minimum Gasteiger partial charge on any atom is -0.433 e. The standard InChI is InChI=1S/C10H4BrClF2N2O/c11-5-1-2-6(13)8(3-5)17-9-7(14)4-15-10(12)16-9/h1-4H. The molecular formula is C10H4BrClF2N2O. The molecule has 17 heavy (non-hydrogen) atoms. The molecule has 0 aliphatic carbocycles. The van der Waals surface area contributed by atoms with Gasteiger partial charge in [-0.15, -0.1) is 0 Å². The van der Waals surface area contributed by atoms with E-state index in [9.17, 15) is 8.78 Å². The first-order valence-corrected chi connectivity index (χ1v) is 5.54. The Morgan fingerprint density at radius 2 is 2.00 bits per heavy atom. The maximum absolute atomic E-state index is 13.3. The molecular weight excluding hydrogens is 317 g/mol. The summed E-state index contributed by atoms with van der Waals surface area (Å²) in [5.41, 5.74) is 0. The van der Waals surface area contributed by atoms with Gasteiger partial charge in [0.05, 0.1) is 6.20 Å². The zero-order valence-electron chi connectivity index (χ0n) is 8.12. The smallest absolute Gasteiger partial charge is 0.260 e. The highest BCUT2D eigenvalue weighted by molar-refractivity contribution is 9.10. The van der Waals surface area contributed by atoms with Crippen molar-refractivity contribution in [2.24, 2.45) is 0 Å². The molecule has 0 saturated carbocycles. The Morgan fingerprint density at radius 3 is 2.76 bits per heavy atom. The average Bonchev–Trinajstić information content (AvgIpc) is 2.28. The van der Waals surface area contributed by atoms with Crippen molar-refractivity contribution >= 4 is 27.5 Å². The molecule has 1 aromatic heterocycles. The molecule has 3 nitrogen and oxygen atoms in total. The first-order valence-electron chi connectivity index (χ1n) is 4.37. The minimum atomic E-state index is -0.825. The van der Waals surface area contributed by atoms with Crippen LogP contribution < -0.4 is 4.74 Å². The van der Waals surface area contributed by atoms with E-state index in [1.54, 1.807) is 0 Å². The molecule has 1 heterocycles. The van der Waals surface area contributed by atoms with Crippen LogP contribution in [0.2, 0.25) is 5.28 Å². The lowest BCUT2D eigenvalue weighted by Gasteiger charge is -2.06. The van der Waals surface area contributed by atoms with E-state index in [2.05, 4.69) is 25.9 Å². The molecule has 0 radical (unpaired) electrons. The fraction of sp³-hybridized carbons (Fsp3) is 0. The number of hydrogen-bond acceptors (Lipinski definition) is 3. The number of benzene rings is 1. The number of rotatable bonds is 2. The van der Waals surface area contributed by atoms with Crippen molar-refractivity contribution in [1.82, 2.24) is 9.97 Å². The van der Waals surface area contributed by atoms with Gasteiger partial charge < -0.3 is 4.74 Å². The van der Waals surface area contributed by atoms with Gasteiger partial charge in [0.15, 0.2) is 11.6 Å². The molecule has 2 aromatic rings. The van der Waals surface area contributed by atoms with E-state index in [4.69, 9.17) is 16.3 Å².